The zero-order valence-corrected chi connectivity index (χ0v) is 30.7. The van der Waals surface area contributed by atoms with Crippen molar-refractivity contribution in [3.05, 3.63) is 182 Å². The first-order valence-electron chi connectivity index (χ1n) is 18.1. The second-order valence-corrected chi connectivity index (χ2v) is 15.9. The minimum Gasteiger partial charge on any atom is -0.228 e. The van der Waals surface area contributed by atoms with Crippen LogP contribution < -0.4 is 0 Å². The quantitative estimate of drug-likeness (QED) is 0.177. The van der Waals surface area contributed by atoms with Crippen LogP contribution in [-0.4, -0.2) is 9.97 Å². The summed E-state index contributed by atoms with van der Waals surface area (Å²) in [5.41, 5.74) is 9.58. The standard InChI is InChI=1S/C50H30N2S2/c1-2-12-32(13-3-1)50-51-44(38-18-10-14-31-11-4-5-15-36(31)38)30-45(52-50)41-27-33(34-22-25-48-42(28-34)39-16-6-8-19-46(39)53-48)21-24-37(41)35-23-26-49-43(29-35)40-17-7-9-20-47(40)54-49/h1-30H. The van der Waals surface area contributed by atoms with Gasteiger partial charge in [0.2, 0.25) is 0 Å². The van der Waals surface area contributed by atoms with Crippen LogP contribution in [0.5, 0.6) is 0 Å². The monoisotopic (exact) mass is 722 g/mol. The van der Waals surface area contributed by atoms with E-state index in [1.807, 2.05) is 28.7 Å². The van der Waals surface area contributed by atoms with E-state index in [1.165, 1.54) is 62.2 Å². The summed E-state index contributed by atoms with van der Waals surface area (Å²) in [6, 6.07) is 65.7. The van der Waals surface area contributed by atoms with Crippen molar-refractivity contribution in [2.75, 3.05) is 0 Å². The van der Waals surface area contributed by atoms with Crippen molar-refractivity contribution < 1.29 is 0 Å². The lowest BCUT2D eigenvalue weighted by molar-refractivity contribution is 1.19. The van der Waals surface area contributed by atoms with Gasteiger partial charge in [-0.25, -0.2) is 9.97 Å². The van der Waals surface area contributed by atoms with Crippen LogP contribution in [0, 0.1) is 0 Å². The minimum atomic E-state index is 0.706. The Labute approximate surface area is 320 Å². The van der Waals surface area contributed by atoms with E-state index in [0.717, 1.165) is 39.2 Å². The summed E-state index contributed by atoms with van der Waals surface area (Å²) in [4.78, 5) is 10.6. The molecule has 11 rings (SSSR count). The normalized spacial score (nSPS) is 11.7. The Morgan fingerprint density at radius 3 is 1.57 bits per heavy atom. The van der Waals surface area contributed by atoms with E-state index in [4.69, 9.17) is 9.97 Å². The summed E-state index contributed by atoms with van der Waals surface area (Å²) in [7, 11) is 0. The van der Waals surface area contributed by atoms with Gasteiger partial charge in [0, 0.05) is 57.0 Å². The van der Waals surface area contributed by atoms with Gasteiger partial charge in [0.1, 0.15) is 0 Å². The highest BCUT2D eigenvalue weighted by molar-refractivity contribution is 7.26. The fourth-order valence-electron chi connectivity index (χ4n) is 7.87. The number of thiophene rings is 2. The number of benzene rings is 8. The zero-order chi connectivity index (χ0) is 35.6. The Morgan fingerprint density at radius 2 is 0.833 bits per heavy atom. The summed E-state index contributed by atoms with van der Waals surface area (Å²) >= 11 is 3.70. The molecule has 0 bridgehead atoms. The second-order valence-electron chi connectivity index (χ2n) is 13.7. The molecule has 0 atom stereocenters. The van der Waals surface area contributed by atoms with E-state index in [-0.39, 0.29) is 0 Å². The molecule has 0 amide bonds. The van der Waals surface area contributed by atoms with Gasteiger partial charge in [-0.2, -0.15) is 0 Å². The molecule has 0 fully saturated rings. The molecule has 0 saturated carbocycles. The molecule has 0 unspecified atom stereocenters. The fraction of sp³-hybridized carbons (Fsp3) is 0. The van der Waals surface area contributed by atoms with Crippen LogP contribution >= 0.6 is 22.7 Å². The molecular formula is C50H30N2S2. The molecule has 8 aromatic carbocycles. The van der Waals surface area contributed by atoms with E-state index < -0.39 is 0 Å². The summed E-state index contributed by atoms with van der Waals surface area (Å²) in [6.07, 6.45) is 0. The number of hydrogen-bond donors (Lipinski definition) is 0. The minimum absolute atomic E-state index is 0.706. The van der Waals surface area contributed by atoms with Gasteiger partial charge in [0.05, 0.1) is 11.4 Å². The predicted molar refractivity (Wildman–Crippen MR) is 232 cm³/mol. The Kier molecular flexibility index (Phi) is 7.25. The molecule has 0 saturated heterocycles. The zero-order valence-electron chi connectivity index (χ0n) is 29.0. The number of fused-ring (bicyclic) bond motifs is 7. The van der Waals surface area contributed by atoms with Crippen molar-refractivity contribution in [2.45, 2.75) is 0 Å². The highest BCUT2D eigenvalue weighted by Gasteiger charge is 2.18. The van der Waals surface area contributed by atoms with Crippen molar-refractivity contribution >= 4 is 73.8 Å². The van der Waals surface area contributed by atoms with Gasteiger partial charge in [-0.3, -0.25) is 0 Å². The Morgan fingerprint density at radius 1 is 0.296 bits per heavy atom. The van der Waals surface area contributed by atoms with Crippen molar-refractivity contribution in [2.24, 2.45) is 0 Å². The maximum Gasteiger partial charge on any atom is 0.160 e. The molecule has 0 aliphatic rings. The van der Waals surface area contributed by atoms with E-state index in [9.17, 15) is 0 Å². The first-order valence-corrected chi connectivity index (χ1v) is 19.8. The van der Waals surface area contributed by atoms with Gasteiger partial charge in [-0.1, -0.05) is 133 Å². The van der Waals surface area contributed by atoms with Crippen LogP contribution in [0.4, 0.5) is 0 Å². The van der Waals surface area contributed by atoms with E-state index in [2.05, 4.69) is 176 Å². The Hall–Kier alpha value is -6.46. The molecule has 0 aliphatic heterocycles. The molecule has 0 N–H and O–H groups in total. The predicted octanol–water partition coefficient (Wildman–Crippen LogP) is 14.7. The van der Waals surface area contributed by atoms with Gasteiger partial charge in [0.15, 0.2) is 5.82 Å². The average molecular weight is 723 g/mol. The first-order chi connectivity index (χ1) is 26.7. The topological polar surface area (TPSA) is 25.8 Å². The molecule has 11 aromatic rings. The van der Waals surface area contributed by atoms with Gasteiger partial charge < -0.3 is 0 Å². The SMILES string of the molecule is c1ccc(-c2nc(-c3cc(-c4ccc5sc6ccccc6c5c4)ccc3-c3ccc4sc5ccccc5c4c3)cc(-c3cccc4ccccc34)n2)cc1. The van der Waals surface area contributed by atoms with Crippen LogP contribution in [0.2, 0.25) is 0 Å². The number of nitrogens with zero attached hydrogens (tertiary/aromatic N) is 2. The smallest absolute Gasteiger partial charge is 0.160 e. The van der Waals surface area contributed by atoms with Crippen LogP contribution in [0.1, 0.15) is 0 Å². The molecule has 252 valence electrons. The number of rotatable bonds is 5. The van der Waals surface area contributed by atoms with E-state index >= 15 is 0 Å². The van der Waals surface area contributed by atoms with Gasteiger partial charge in [0.25, 0.3) is 0 Å². The fourth-order valence-corrected chi connectivity index (χ4v) is 10.0. The largest absolute Gasteiger partial charge is 0.228 e. The molecule has 3 heterocycles. The van der Waals surface area contributed by atoms with Crippen molar-refractivity contribution in [1.29, 1.82) is 0 Å². The molecular weight excluding hydrogens is 693 g/mol. The van der Waals surface area contributed by atoms with Crippen LogP contribution in [0.25, 0.3) is 107 Å². The summed E-state index contributed by atoms with van der Waals surface area (Å²) in [5, 5.41) is 7.52. The van der Waals surface area contributed by atoms with Crippen LogP contribution in [-0.2, 0) is 0 Å². The van der Waals surface area contributed by atoms with Crippen LogP contribution in [0.15, 0.2) is 182 Å². The molecule has 54 heavy (non-hydrogen) atoms. The second kappa shape index (κ2) is 12.6. The lowest BCUT2D eigenvalue weighted by Crippen LogP contribution is -1.98. The molecule has 2 nitrogen and oxygen atoms in total. The van der Waals surface area contributed by atoms with Crippen molar-refractivity contribution in [3.8, 4) is 56.2 Å². The third kappa shape index (κ3) is 5.22. The van der Waals surface area contributed by atoms with E-state index in [1.54, 1.807) is 0 Å². The molecule has 0 spiro atoms. The molecule has 3 aromatic heterocycles. The molecule has 0 radical (unpaired) electrons. The highest BCUT2D eigenvalue weighted by atomic mass is 32.1. The summed E-state index contributed by atoms with van der Waals surface area (Å²) < 4.78 is 5.21. The summed E-state index contributed by atoms with van der Waals surface area (Å²) in [5.74, 6) is 0.706. The lowest BCUT2D eigenvalue weighted by atomic mass is 9.91. The third-order valence-electron chi connectivity index (χ3n) is 10.5. The first kappa shape index (κ1) is 31.1. The van der Waals surface area contributed by atoms with Gasteiger partial charge >= 0.3 is 0 Å². The third-order valence-corrected chi connectivity index (χ3v) is 12.8. The number of hydrogen-bond acceptors (Lipinski definition) is 4. The van der Waals surface area contributed by atoms with Crippen molar-refractivity contribution in [3.63, 3.8) is 0 Å². The van der Waals surface area contributed by atoms with Gasteiger partial charge in [-0.05, 0) is 81.6 Å². The Balaban J connectivity index is 1.18. The molecule has 4 heteroatoms. The lowest BCUT2D eigenvalue weighted by Gasteiger charge is -2.16. The summed E-state index contributed by atoms with van der Waals surface area (Å²) in [6.45, 7) is 0. The van der Waals surface area contributed by atoms with E-state index in [0.29, 0.717) is 5.82 Å². The van der Waals surface area contributed by atoms with Gasteiger partial charge in [-0.15, -0.1) is 22.7 Å². The average Bonchev–Trinajstić information content (AvgIpc) is 3.81. The van der Waals surface area contributed by atoms with Crippen molar-refractivity contribution in [1.82, 2.24) is 9.97 Å². The Bertz CT molecular complexity index is 3220. The highest BCUT2D eigenvalue weighted by Crippen LogP contribution is 2.43. The maximum atomic E-state index is 5.38. The maximum absolute atomic E-state index is 5.38. The number of aromatic nitrogens is 2. The molecule has 0 aliphatic carbocycles. The van der Waals surface area contributed by atoms with Crippen LogP contribution in [0.3, 0.4) is 0 Å².